The summed E-state index contributed by atoms with van der Waals surface area (Å²) in [6.45, 7) is 2.25. The average Bonchev–Trinajstić information content (AvgIpc) is 3.09. The first-order valence-electron chi connectivity index (χ1n) is 16.1. The molecule has 10 N–H and O–H groups in total. The highest BCUT2D eigenvalue weighted by atomic mass is 16.8. The number of hydrogen-bond donors (Lipinski definition) is 10. The van der Waals surface area contributed by atoms with E-state index >= 15 is 0 Å². The fourth-order valence-corrected chi connectivity index (χ4v) is 6.12. The first-order chi connectivity index (χ1) is 24.1. The van der Waals surface area contributed by atoms with Crippen LogP contribution in [0.15, 0.2) is 51.7 Å². The SMILES string of the molecule is C[C@@H]1O[C@@H](O[C@H]2[C@H](Oc3cc(O)c4c(=O)cc(-c5ccc(O)cc5)oc4c3)O[C@H](CO[C@H]3O[C@@H](C)[C@H](O)[C@@H](O)[C@H]3O)[C@@H](O)[C@H]2O)[C@H](O)[C@H](O)[C@H]1O. The van der Waals surface area contributed by atoms with Gasteiger partial charge in [-0.3, -0.25) is 4.79 Å². The molecule has 51 heavy (non-hydrogen) atoms. The van der Waals surface area contributed by atoms with E-state index in [1.807, 2.05) is 0 Å². The molecule has 0 radical (unpaired) electrons. The lowest BCUT2D eigenvalue weighted by molar-refractivity contribution is -0.360. The van der Waals surface area contributed by atoms with Gasteiger partial charge in [-0.1, -0.05) is 0 Å². The smallest absolute Gasteiger partial charge is 0.229 e. The maximum atomic E-state index is 13.0. The van der Waals surface area contributed by atoms with Gasteiger partial charge in [-0.15, -0.1) is 0 Å². The van der Waals surface area contributed by atoms with E-state index in [9.17, 15) is 55.9 Å². The minimum absolute atomic E-state index is 0.0184. The van der Waals surface area contributed by atoms with Gasteiger partial charge in [0.25, 0.3) is 0 Å². The lowest BCUT2D eigenvalue weighted by atomic mass is 9.97. The van der Waals surface area contributed by atoms with Crippen molar-refractivity contribution in [1.82, 2.24) is 0 Å². The van der Waals surface area contributed by atoms with Gasteiger partial charge in [-0.2, -0.15) is 0 Å². The Balaban J connectivity index is 1.30. The van der Waals surface area contributed by atoms with Crippen LogP contribution in [-0.4, -0.2) is 150 Å². The lowest BCUT2D eigenvalue weighted by Crippen LogP contribution is -2.65. The van der Waals surface area contributed by atoms with Crippen LogP contribution in [0.1, 0.15) is 13.8 Å². The molecule has 3 saturated heterocycles. The van der Waals surface area contributed by atoms with Crippen LogP contribution >= 0.6 is 0 Å². The Hall–Kier alpha value is -3.47. The molecular weight excluding hydrogens is 684 g/mol. The van der Waals surface area contributed by atoms with Crippen molar-refractivity contribution in [3.8, 4) is 28.6 Å². The van der Waals surface area contributed by atoms with Crippen LogP contribution in [0.5, 0.6) is 17.2 Å². The number of fused-ring (bicyclic) bond motifs is 1. The van der Waals surface area contributed by atoms with Gasteiger partial charge in [0.1, 0.15) is 88.9 Å². The van der Waals surface area contributed by atoms with E-state index in [4.69, 9.17) is 32.8 Å². The number of phenols is 2. The molecule has 3 aliphatic heterocycles. The number of aliphatic hydroxyl groups excluding tert-OH is 8. The molecule has 0 saturated carbocycles. The lowest BCUT2D eigenvalue weighted by Gasteiger charge is -2.46. The molecule has 1 aromatic heterocycles. The second-order valence-electron chi connectivity index (χ2n) is 12.8. The van der Waals surface area contributed by atoms with Gasteiger partial charge in [0.2, 0.25) is 6.29 Å². The number of hydrogen-bond acceptors (Lipinski definition) is 18. The molecule has 6 rings (SSSR count). The van der Waals surface area contributed by atoms with E-state index in [1.165, 1.54) is 44.2 Å². The first kappa shape index (κ1) is 37.3. The third-order valence-electron chi connectivity index (χ3n) is 9.16. The third kappa shape index (κ3) is 7.42. The fraction of sp³-hybridized carbons (Fsp3) is 0.545. The van der Waals surface area contributed by atoms with Gasteiger partial charge in [0.15, 0.2) is 24.1 Å². The minimum Gasteiger partial charge on any atom is -0.508 e. The largest absolute Gasteiger partial charge is 0.508 e. The zero-order chi connectivity index (χ0) is 36.9. The number of ether oxygens (including phenoxy) is 6. The zero-order valence-corrected chi connectivity index (χ0v) is 27.1. The Labute approximate surface area is 288 Å². The Bertz CT molecular complexity index is 1710. The molecule has 0 aliphatic carbocycles. The van der Waals surface area contributed by atoms with Gasteiger partial charge in [-0.25, -0.2) is 0 Å². The highest BCUT2D eigenvalue weighted by Gasteiger charge is 2.52. The Morgan fingerprint density at radius 3 is 1.92 bits per heavy atom. The van der Waals surface area contributed by atoms with Gasteiger partial charge in [0.05, 0.1) is 18.8 Å². The van der Waals surface area contributed by atoms with Crippen LogP contribution in [0.2, 0.25) is 0 Å². The van der Waals surface area contributed by atoms with Crippen molar-refractivity contribution >= 4 is 11.0 Å². The molecule has 0 spiro atoms. The number of rotatable bonds is 8. The summed E-state index contributed by atoms with van der Waals surface area (Å²) in [7, 11) is 0. The van der Waals surface area contributed by atoms with Crippen molar-refractivity contribution < 1.29 is 83.9 Å². The second kappa shape index (κ2) is 14.9. The van der Waals surface area contributed by atoms with Crippen LogP contribution < -0.4 is 10.2 Å². The van der Waals surface area contributed by atoms with E-state index < -0.39 is 110 Å². The summed E-state index contributed by atoms with van der Waals surface area (Å²) in [6, 6.07) is 9.22. The molecule has 2 aromatic carbocycles. The fourth-order valence-electron chi connectivity index (χ4n) is 6.12. The van der Waals surface area contributed by atoms with Crippen molar-refractivity contribution in [1.29, 1.82) is 0 Å². The highest BCUT2D eigenvalue weighted by Crippen LogP contribution is 2.35. The van der Waals surface area contributed by atoms with Gasteiger partial charge in [-0.05, 0) is 38.1 Å². The molecule has 3 fully saturated rings. The normalized spacial score (nSPS) is 38.8. The second-order valence-corrected chi connectivity index (χ2v) is 12.8. The van der Waals surface area contributed by atoms with Crippen molar-refractivity contribution in [2.75, 3.05) is 6.61 Å². The molecule has 280 valence electrons. The molecule has 3 aliphatic rings. The molecule has 18 nitrogen and oxygen atoms in total. The monoisotopic (exact) mass is 724 g/mol. The highest BCUT2D eigenvalue weighted by molar-refractivity contribution is 5.86. The van der Waals surface area contributed by atoms with Crippen molar-refractivity contribution in [2.24, 2.45) is 0 Å². The van der Waals surface area contributed by atoms with Crippen molar-refractivity contribution in [3.63, 3.8) is 0 Å². The molecule has 0 amide bonds. The van der Waals surface area contributed by atoms with Crippen molar-refractivity contribution in [2.45, 2.75) is 106 Å². The quantitative estimate of drug-likeness (QED) is 0.117. The molecule has 0 bridgehead atoms. The van der Waals surface area contributed by atoms with E-state index in [0.717, 1.165) is 12.1 Å². The Morgan fingerprint density at radius 2 is 1.27 bits per heavy atom. The summed E-state index contributed by atoms with van der Waals surface area (Å²) in [5, 5.41) is 104. The van der Waals surface area contributed by atoms with Crippen LogP contribution in [0.3, 0.4) is 0 Å². The summed E-state index contributed by atoms with van der Waals surface area (Å²) in [6.07, 6.45) is -23.4. The number of phenolic OH excluding ortho intramolecular Hbond substituents is 2. The topological polar surface area (TPSA) is 288 Å². The number of benzene rings is 2. The van der Waals surface area contributed by atoms with Gasteiger partial charge < -0.3 is 83.9 Å². The number of aliphatic hydroxyl groups is 8. The maximum absolute atomic E-state index is 13.0. The average molecular weight is 725 g/mol. The molecule has 4 heterocycles. The Kier molecular flexibility index (Phi) is 10.9. The van der Waals surface area contributed by atoms with Crippen molar-refractivity contribution in [3.05, 3.63) is 52.7 Å². The predicted molar refractivity (Wildman–Crippen MR) is 168 cm³/mol. The summed E-state index contributed by atoms with van der Waals surface area (Å²) in [5.74, 6) is -0.682. The molecule has 18 heteroatoms. The van der Waals surface area contributed by atoms with Gasteiger partial charge in [0, 0.05) is 23.8 Å². The number of aromatic hydroxyl groups is 2. The van der Waals surface area contributed by atoms with E-state index in [1.54, 1.807) is 0 Å². The van der Waals surface area contributed by atoms with Crippen LogP contribution in [-0.2, 0) is 23.7 Å². The van der Waals surface area contributed by atoms with Crippen LogP contribution in [0, 0.1) is 0 Å². The predicted octanol–water partition coefficient (Wildman–Crippen LogP) is -2.25. The first-order valence-corrected chi connectivity index (χ1v) is 16.1. The zero-order valence-electron chi connectivity index (χ0n) is 27.1. The van der Waals surface area contributed by atoms with E-state index in [2.05, 4.69) is 0 Å². The summed E-state index contributed by atoms with van der Waals surface area (Å²) >= 11 is 0. The molecular formula is C33H40O18. The molecule has 15 atom stereocenters. The molecule has 3 aromatic rings. The van der Waals surface area contributed by atoms with Gasteiger partial charge >= 0.3 is 0 Å². The summed E-state index contributed by atoms with van der Waals surface area (Å²) in [4.78, 5) is 13.0. The Morgan fingerprint density at radius 1 is 0.667 bits per heavy atom. The minimum atomic E-state index is -1.89. The summed E-state index contributed by atoms with van der Waals surface area (Å²) < 4.78 is 40.1. The third-order valence-corrected chi connectivity index (χ3v) is 9.16. The van der Waals surface area contributed by atoms with E-state index in [-0.39, 0.29) is 28.2 Å². The van der Waals surface area contributed by atoms with E-state index in [0.29, 0.717) is 5.56 Å². The summed E-state index contributed by atoms with van der Waals surface area (Å²) in [5.41, 5.74) is -0.311. The van der Waals surface area contributed by atoms with Crippen LogP contribution in [0.25, 0.3) is 22.3 Å². The standard InChI is InChI=1S/C33H40O18/c1-11-22(37)25(40)28(43)31(46-11)45-10-20-24(39)27(42)30(51-32-29(44)26(41)23(38)12(2)47-32)33(50-20)48-15-7-16(35)21-17(36)9-18(49-19(21)8-15)13-3-5-14(34)6-4-13/h3-9,11-12,20,22-35,37-44H,10H2,1-2H3/t11-,12-,20+,22-,23-,24+,25+,26+,27+,28+,29+,30+,31-,32-,33+/m0/s1. The molecule has 0 unspecified atom stereocenters. The maximum Gasteiger partial charge on any atom is 0.229 e. The van der Waals surface area contributed by atoms with Crippen LogP contribution in [0.4, 0.5) is 0 Å².